The Morgan fingerprint density at radius 2 is 1.91 bits per heavy atom. The lowest BCUT2D eigenvalue weighted by atomic mass is 9.86. The monoisotopic (exact) mass is 158 g/mol. The molecular formula is C9H18O2. The van der Waals surface area contributed by atoms with Crippen molar-refractivity contribution >= 4 is 0 Å². The lowest BCUT2D eigenvalue weighted by Crippen LogP contribution is -2.37. The van der Waals surface area contributed by atoms with E-state index in [-0.39, 0.29) is 6.29 Å². The van der Waals surface area contributed by atoms with Crippen molar-refractivity contribution in [2.45, 2.75) is 39.6 Å². The van der Waals surface area contributed by atoms with Crippen LogP contribution in [0.15, 0.2) is 0 Å². The Balaban J connectivity index is 2.47. The van der Waals surface area contributed by atoms with Crippen LogP contribution in [-0.4, -0.2) is 19.5 Å². The van der Waals surface area contributed by atoms with Gasteiger partial charge in [0.05, 0.1) is 6.10 Å². The van der Waals surface area contributed by atoms with Gasteiger partial charge < -0.3 is 9.47 Å². The van der Waals surface area contributed by atoms with Crippen LogP contribution in [-0.2, 0) is 9.47 Å². The summed E-state index contributed by atoms with van der Waals surface area (Å²) < 4.78 is 10.8. The Morgan fingerprint density at radius 1 is 1.27 bits per heavy atom. The summed E-state index contributed by atoms with van der Waals surface area (Å²) in [5, 5.41) is 0. The molecule has 2 nitrogen and oxygen atoms in total. The van der Waals surface area contributed by atoms with Gasteiger partial charge in [-0.05, 0) is 18.8 Å². The third-order valence-corrected chi connectivity index (χ3v) is 2.83. The van der Waals surface area contributed by atoms with Gasteiger partial charge in [0, 0.05) is 13.5 Å². The summed E-state index contributed by atoms with van der Waals surface area (Å²) in [6.07, 6.45) is 1.39. The fraction of sp³-hybridized carbons (Fsp3) is 1.00. The van der Waals surface area contributed by atoms with Crippen molar-refractivity contribution in [3.05, 3.63) is 0 Å². The molecule has 0 aromatic carbocycles. The third-order valence-electron chi connectivity index (χ3n) is 2.83. The Kier molecular flexibility index (Phi) is 2.90. The Labute approximate surface area is 68.9 Å². The molecule has 1 rings (SSSR count). The summed E-state index contributed by atoms with van der Waals surface area (Å²) in [6.45, 7) is 6.61. The van der Waals surface area contributed by atoms with E-state index < -0.39 is 0 Å². The van der Waals surface area contributed by atoms with E-state index in [2.05, 4.69) is 20.8 Å². The number of rotatable bonds is 1. The van der Waals surface area contributed by atoms with Gasteiger partial charge in [0.2, 0.25) is 0 Å². The second-order valence-electron chi connectivity index (χ2n) is 3.58. The molecule has 1 heterocycles. The van der Waals surface area contributed by atoms with Gasteiger partial charge in [-0.25, -0.2) is 0 Å². The highest BCUT2D eigenvalue weighted by Gasteiger charge is 2.30. The number of ether oxygens (including phenoxy) is 2. The molecule has 1 saturated heterocycles. The van der Waals surface area contributed by atoms with Crippen LogP contribution in [0, 0.1) is 11.8 Å². The number of hydrogen-bond donors (Lipinski definition) is 0. The van der Waals surface area contributed by atoms with Crippen LogP contribution in [0.5, 0.6) is 0 Å². The molecule has 1 aliphatic heterocycles. The largest absolute Gasteiger partial charge is 0.356 e. The van der Waals surface area contributed by atoms with E-state index in [4.69, 9.17) is 9.47 Å². The lowest BCUT2D eigenvalue weighted by molar-refractivity contribution is -0.203. The van der Waals surface area contributed by atoms with Gasteiger partial charge in [-0.15, -0.1) is 0 Å². The van der Waals surface area contributed by atoms with Gasteiger partial charge in [0.25, 0.3) is 0 Å². The Hall–Kier alpha value is -0.0800. The molecular weight excluding hydrogens is 140 g/mol. The fourth-order valence-electron chi connectivity index (χ4n) is 1.55. The molecule has 0 saturated carbocycles. The molecule has 0 N–H and O–H groups in total. The molecule has 0 radical (unpaired) electrons. The first kappa shape index (κ1) is 9.01. The van der Waals surface area contributed by atoms with E-state index in [1.54, 1.807) is 7.11 Å². The van der Waals surface area contributed by atoms with Crippen LogP contribution < -0.4 is 0 Å². The molecule has 1 fully saturated rings. The van der Waals surface area contributed by atoms with Gasteiger partial charge in [-0.1, -0.05) is 13.8 Å². The maximum atomic E-state index is 5.60. The first-order chi connectivity index (χ1) is 5.15. The van der Waals surface area contributed by atoms with E-state index >= 15 is 0 Å². The smallest absolute Gasteiger partial charge is 0.157 e. The standard InChI is InChI=1S/C9H18O2/c1-6-5-9(10-4)11-8(3)7(6)2/h6-9H,5H2,1-4H3/t6-,7+,8?,9-/m1/s1. The number of hydrogen-bond acceptors (Lipinski definition) is 2. The quantitative estimate of drug-likeness (QED) is 0.581. The second-order valence-corrected chi connectivity index (χ2v) is 3.58. The van der Waals surface area contributed by atoms with Crippen LogP contribution in [0.25, 0.3) is 0 Å². The van der Waals surface area contributed by atoms with Gasteiger partial charge >= 0.3 is 0 Å². The highest BCUT2D eigenvalue weighted by molar-refractivity contribution is 4.74. The molecule has 0 aliphatic carbocycles. The third kappa shape index (κ3) is 1.94. The summed E-state index contributed by atoms with van der Waals surface area (Å²) in [5.74, 6) is 1.37. The van der Waals surface area contributed by atoms with Crippen molar-refractivity contribution in [1.29, 1.82) is 0 Å². The molecule has 1 unspecified atom stereocenters. The zero-order valence-corrected chi connectivity index (χ0v) is 7.83. The summed E-state index contributed by atoms with van der Waals surface area (Å²) in [6, 6.07) is 0. The van der Waals surface area contributed by atoms with Crippen molar-refractivity contribution < 1.29 is 9.47 Å². The average Bonchev–Trinajstić information content (AvgIpc) is 1.99. The minimum Gasteiger partial charge on any atom is -0.356 e. The molecule has 66 valence electrons. The van der Waals surface area contributed by atoms with E-state index in [9.17, 15) is 0 Å². The SMILES string of the molecule is CO[C@H]1C[C@@H](C)[C@H](C)C(C)O1. The van der Waals surface area contributed by atoms with Gasteiger partial charge in [-0.3, -0.25) is 0 Å². The van der Waals surface area contributed by atoms with E-state index in [0.29, 0.717) is 17.9 Å². The molecule has 4 atom stereocenters. The molecule has 0 aromatic heterocycles. The van der Waals surface area contributed by atoms with E-state index in [1.165, 1.54) is 0 Å². The molecule has 0 bridgehead atoms. The highest BCUT2D eigenvalue weighted by atomic mass is 16.7. The topological polar surface area (TPSA) is 18.5 Å². The average molecular weight is 158 g/mol. The zero-order chi connectivity index (χ0) is 8.43. The van der Waals surface area contributed by atoms with Gasteiger partial charge in [-0.2, -0.15) is 0 Å². The van der Waals surface area contributed by atoms with Crippen molar-refractivity contribution in [3.63, 3.8) is 0 Å². The van der Waals surface area contributed by atoms with Crippen LogP contribution in [0.4, 0.5) is 0 Å². The van der Waals surface area contributed by atoms with Gasteiger partial charge in [0.15, 0.2) is 6.29 Å². The molecule has 1 aliphatic rings. The maximum absolute atomic E-state index is 5.60. The van der Waals surface area contributed by atoms with Crippen LogP contribution >= 0.6 is 0 Å². The Bertz CT molecular complexity index is 113. The highest BCUT2D eigenvalue weighted by Crippen LogP contribution is 2.29. The second kappa shape index (κ2) is 3.55. The summed E-state index contributed by atoms with van der Waals surface area (Å²) >= 11 is 0. The predicted molar refractivity (Wildman–Crippen MR) is 44.3 cm³/mol. The van der Waals surface area contributed by atoms with Crippen molar-refractivity contribution in [1.82, 2.24) is 0 Å². The van der Waals surface area contributed by atoms with Crippen molar-refractivity contribution in [2.75, 3.05) is 7.11 Å². The maximum Gasteiger partial charge on any atom is 0.157 e. The first-order valence-corrected chi connectivity index (χ1v) is 4.33. The summed E-state index contributed by atoms with van der Waals surface area (Å²) in [4.78, 5) is 0. The Morgan fingerprint density at radius 3 is 2.36 bits per heavy atom. The first-order valence-electron chi connectivity index (χ1n) is 4.33. The summed E-state index contributed by atoms with van der Waals surface area (Å²) in [5.41, 5.74) is 0. The van der Waals surface area contributed by atoms with Gasteiger partial charge in [0.1, 0.15) is 0 Å². The van der Waals surface area contributed by atoms with Crippen LogP contribution in [0.1, 0.15) is 27.2 Å². The minimum atomic E-state index is 0.0243. The molecule has 0 aromatic rings. The van der Waals surface area contributed by atoms with Crippen LogP contribution in [0.3, 0.4) is 0 Å². The summed E-state index contributed by atoms with van der Waals surface area (Å²) in [7, 11) is 1.71. The lowest BCUT2D eigenvalue weighted by Gasteiger charge is -2.36. The zero-order valence-electron chi connectivity index (χ0n) is 7.83. The predicted octanol–water partition coefficient (Wildman–Crippen LogP) is 2.04. The molecule has 0 amide bonds. The van der Waals surface area contributed by atoms with E-state index in [0.717, 1.165) is 6.42 Å². The number of methoxy groups -OCH3 is 1. The van der Waals surface area contributed by atoms with Crippen molar-refractivity contribution in [3.8, 4) is 0 Å². The molecule has 2 heteroatoms. The molecule has 11 heavy (non-hydrogen) atoms. The van der Waals surface area contributed by atoms with Crippen LogP contribution in [0.2, 0.25) is 0 Å². The fourth-order valence-corrected chi connectivity index (χ4v) is 1.55. The minimum absolute atomic E-state index is 0.0243. The van der Waals surface area contributed by atoms with Crippen molar-refractivity contribution in [2.24, 2.45) is 11.8 Å². The molecule has 0 spiro atoms. The van der Waals surface area contributed by atoms with E-state index in [1.807, 2.05) is 0 Å². The normalized spacial score (nSPS) is 45.8.